The molecule has 1 N–H and O–H groups in total. The van der Waals surface area contributed by atoms with Gasteiger partial charge in [-0.2, -0.15) is 0 Å². The Hall–Kier alpha value is -2.35. The zero-order chi connectivity index (χ0) is 14.4. The number of carboxylic acids is 1. The molecule has 1 rings (SSSR count). The van der Waals surface area contributed by atoms with Crippen LogP contribution in [-0.4, -0.2) is 11.1 Å². The smallest absolute Gasteiger partial charge is 0.336 e. The lowest BCUT2D eigenvalue weighted by atomic mass is 9.90. The van der Waals surface area contributed by atoms with Crippen LogP contribution in [0.15, 0.2) is 31.4 Å². The van der Waals surface area contributed by atoms with Gasteiger partial charge >= 0.3 is 5.97 Å². The average molecular weight is 254 g/mol. The van der Waals surface area contributed by atoms with Crippen LogP contribution in [0.5, 0.6) is 0 Å². The predicted molar refractivity (Wildman–Crippen MR) is 83.0 cm³/mol. The fourth-order valence-electron chi connectivity index (χ4n) is 2.02. The minimum Gasteiger partial charge on any atom is -0.478 e. The lowest BCUT2D eigenvalue weighted by Gasteiger charge is -2.13. The van der Waals surface area contributed by atoms with Crippen molar-refractivity contribution in [3.05, 3.63) is 59.2 Å². The molecule has 0 heterocycles. The Kier molecular flexibility index (Phi) is 5.07. The SMILES string of the molecule is C=Cc1cc(C(=O)O)c(/C=C\C)c(C=C)c1/C=C\C. The van der Waals surface area contributed by atoms with Crippen LogP contribution in [-0.2, 0) is 0 Å². The first-order valence-corrected chi connectivity index (χ1v) is 6.05. The first-order valence-electron chi connectivity index (χ1n) is 6.05. The Bertz CT molecular complexity index is 575. The molecule has 0 atom stereocenters. The molecule has 0 unspecified atom stereocenters. The van der Waals surface area contributed by atoms with Gasteiger partial charge in [0, 0.05) is 0 Å². The van der Waals surface area contributed by atoms with Crippen LogP contribution in [0.25, 0.3) is 24.3 Å². The fourth-order valence-corrected chi connectivity index (χ4v) is 2.02. The Morgan fingerprint density at radius 1 is 1.05 bits per heavy atom. The molecule has 0 saturated heterocycles. The monoisotopic (exact) mass is 254 g/mol. The number of allylic oxidation sites excluding steroid dienone is 2. The molecule has 0 aliphatic heterocycles. The van der Waals surface area contributed by atoms with Crippen LogP contribution in [0.1, 0.15) is 46.5 Å². The summed E-state index contributed by atoms with van der Waals surface area (Å²) in [5.41, 5.74) is 3.47. The van der Waals surface area contributed by atoms with Gasteiger partial charge in [0.2, 0.25) is 0 Å². The molecule has 0 amide bonds. The maximum absolute atomic E-state index is 11.4. The van der Waals surface area contributed by atoms with Crippen molar-refractivity contribution >= 4 is 30.3 Å². The van der Waals surface area contributed by atoms with Gasteiger partial charge in [-0.15, -0.1) is 0 Å². The van der Waals surface area contributed by atoms with Gasteiger partial charge < -0.3 is 5.11 Å². The quantitative estimate of drug-likeness (QED) is 0.824. The third-order valence-electron chi connectivity index (χ3n) is 2.80. The van der Waals surface area contributed by atoms with Crippen LogP contribution in [0.3, 0.4) is 0 Å². The summed E-state index contributed by atoms with van der Waals surface area (Å²) in [6, 6.07) is 1.65. The Balaban J connectivity index is 3.85. The van der Waals surface area contributed by atoms with Gasteiger partial charge in [0.25, 0.3) is 0 Å². The highest BCUT2D eigenvalue weighted by Gasteiger charge is 2.16. The molecule has 19 heavy (non-hydrogen) atoms. The predicted octanol–water partition coefficient (Wildman–Crippen LogP) is 4.74. The number of carboxylic acid groups (broad SMARTS) is 1. The molecule has 1 aromatic rings. The normalized spacial score (nSPS) is 11.1. The van der Waals surface area contributed by atoms with E-state index in [2.05, 4.69) is 13.2 Å². The van der Waals surface area contributed by atoms with E-state index in [1.807, 2.05) is 32.1 Å². The van der Waals surface area contributed by atoms with Gasteiger partial charge in [-0.3, -0.25) is 0 Å². The molecule has 2 nitrogen and oxygen atoms in total. The van der Waals surface area contributed by atoms with E-state index < -0.39 is 5.97 Å². The third-order valence-corrected chi connectivity index (χ3v) is 2.80. The standard InChI is InChI=1S/C17H18O2/c1-5-9-14-12(7-3)11-16(17(18)19)15(10-6-2)13(14)8-4/h5-11H,3-4H2,1-2H3,(H,18,19)/b9-5-,10-6-. The molecule has 2 heteroatoms. The lowest BCUT2D eigenvalue weighted by molar-refractivity contribution is 0.0696. The summed E-state index contributed by atoms with van der Waals surface area (Å²) >= 11 is 0. The second-order valence-corrected chi connectivity index (χ2v) is 3.97. The van der Waals surface area contributed by atoms with Gasteiger partial charge in [0.15, 0.2) is 0 Å². The fraction of sp³-hybridized carbons (Fsp3) is 0.118. The van der Waals surface area contributed by atoms with Crippen LogP contribution in [0.4, 0.5) is 0 Å². The van der Waals surface area contributed by atoms with Crippen molar-refractivity contribution in [1.29, 1.82) is 0 Å². The zero-order valence-corrected chi connectivity index (χ0v) is 11.3. The van der Waals surface area contributed by atoms with E-state index in [0.717, 1.165) is 16.7 Å². The lowest BCUT2D eigenvalue weighted by Crippen LogP contribution is -2.04. The highest BCUT2D eigenvalue weighted by atomic mass is 16.4. The Morgan fingerprint density at radius 2 is 1.63 bits per heavy atom. The summed E-state index contributed by atoms with van der Waals surface area (Å²) in [5.74, 6) is -0.952. The minimum absolute atomic E-state index is 0.260. The van der Waals surface area contributed by atoms with E-state index in [-0.39, 0.29) is 5.56 Å². The number of benzene rings is 1. The van der Waals surface area contributed by atoms with Crippen LogP contribution >= 0.6 is 0 Å². The molecule has 0 fully saturated rings. The van der Waals surface area contributed by atoms with Crippen molar-refractivity contribution in [3.8, 4) is 0 Å². The average Bonchev–Trinajstić information content (AvgIpc) is 2.39. The van der Waals surface area contributed by atoms with Gasteiger partial charge in [0.1, 0.15) is 0 Å². The maximum Gasteiger partial charge on any atom is 0.336 e. The number of hydrogen-bond acceptors (Lipinski definition) is 1. The summed E-state index contributed by atoms with van der Waals surface area (Å²) in [4.78, 5) is 11.4. The molecule has 0 radical (unpaired) electrons. The molecule has 0 saturated carbocycles. The van der Waals surface area contributed by atoms with E-state index in [4.69, 9.17) is 0 Å². The largest absolute Gasteiger partial charge is 0.478 e. The van der Waals surface area contributed by atoms with Crippen molar-refractivity contribution in [2.24, 2.45) is 0 Å². The van der Waals surface area contributed by atoms with Crippen molar-refractivity contribution in [1.82, 2.24) is 0 Å². The minimum atomic E-state index is -0.952. The Labute approximate surface area is 114 Å². The van der Waals surface area contributed by atoms with Crippen LogP contribution < -0.4 is 0 Å². The Morgan fingerprint density at radius 3 is 2.05 bits per heavy atom. The third kappa shape index (κ3) is 2.91. The summed E-state index contributed by atoms with van der Waals surface area (Å²) in [6.07, 6.45) is 10.8. The summed E-state index contributed by atoms with van der Waals surface area (Å²) in [5, 5.41) is 9.33. The zero-order valence-electron chi connectivity index (χ0n) is 11.3. The van der Waals surface area contributed by atoms with E-state index in [9.17, 15) is 9.90 Å². The molecular weight excluding hydrogens is 236 g/mol. The molecular formula is C17H18O2. The molecule has 0 aliphatic carbocycles. The van der Waals surface area contributed by atoms with Gasteiger partial charge in [-0.1, -0.05) is 49.6 Å². The first kappa shape index (κ1) is 14.7. The van der Waals surface area contributed by atoms with E-state index in [1.54, 1.807) is 24.3 Å². The second kappa shape index (κ2) is 6.55. The first-order chi connectivity index (χ1) is 9.10. The number of hydrogen-bond donors (Lipinski definition) is 1. The van der Waals surface area contributed by atoms with Crippen molar-refractivity contribution in [2.75, 3.05) is 0 Å². The van der Waals surface area contributed by atoms with Crippen molar-refractivity contribution in [2.45, 2.75) is 13.8 Å². The number of aromatic carboxylic acids is 1. The van der Waals surface area contributed by atoms with E-state index >= 15 is 0 Å². The summed E-state index contributed by atoms with van der Waals surface area (Å²) in [7, 11) is 0. The van der Waals surface area contributed by atoms with Crippen molar-refractivity contribution in [3.63, 3.8) is 0 Å². The number of carbonyl (C=O) groups is 1. The van der Waals surface area contributed by atoms with Crippen molar-refractivity contribution < 1.29 is 9.90 Å². The van der Waals surface area contributed by atoms with Crippen LogP contribution in [0.2, 0.25) is 0 Å². The topological polar surface area (TPSA) is 37.3 Å². The van der Waals surface area contributed by atoms with Gasteiger partial charge in [-0.25, -0.2) is 4.79 Å². The molecule has 0 bridgehead atoms. The maximum atomic E-state index is 11.4. The summed E-state index contributed by atoms with van der Waals surface area (Å²) in [6.45, 7) is 11.3. The molecule has 0 spiro atoms. The molecule has 0 aliphatic rings. The second-order valence-electron chi connectivity index (χ2n) is 3.97. The molecule has 98 valence electrons. The van der Waals surface area contributed by atoms with E-state index in [1.165, 1.54) is 0 Å². The van der Waals surface area contributed by atoms with Gasteiger partial charge in [0.05, 0.1) is 5.56 Å². The summed E-state index contributed by atoms with van der Waals surface area (Å²) < 4.78 is 0. The van der Waals surface area contributed by atoms with Gasteiger partial charge in [-0.05, 0) is 42.2 Å². The van der Waals surface area contributed by atoms with Crippen LogP contribution in [0, 0.1) is 0 Å². The highest BCUT2D eigenvalue weighted by Crippen LogP contribution is 2.28. The highest BCUT2D eigenvalue weighted by molar-refractivity contribution is 5.97. The molecule has 0 aromatic heterocycles. The molecule has 1 aromatic carbocycles. The number of rotatable bonds is 5. The van der Waals surface area contributed by atoms with E-state index in [0.29, 0.717) is 5.56 Å².